The van der Waals surface area contributed by atoms with Gasteiger partial charge in [-0.25, -0.2) is 9.59 Å². The van der Waals surface area contributed by atoms with Gasteiger partial charge in [0.25, 0.3) is 0 Å². The fourth-order valence-corrected chi connectivity index (χ4v) is 0.986. The van der Waals surface area contributed by atoms with E-state index in [1.165, 1.54) is 0 Å². The van der Waals surface area contributed by atoms with Crippen LogP contribution in [-0.4, -0.2) is 37.1 Å². The average Bonchev–Trinajstić information content (AvgIpc) is 2.30. The van der Waals surface area contributed by atoms with Crippen LogP contribution >= 0.6 is 0 Å². The zero-order chi connectivity index (χ0) is 14.8. The summed E-state index contributed by atoms with van der Waals surface area (Å²) in [5.74, 6) is -1.46. The number of rotatable bonds is 7. The number of ether oxygens (including phenoxy) is 2. The highest BCUT2D eigenvalue weighted by Crippen LogP contribution is 1.92. The Morgan fingerprint density at radius 2 is 1.63 bits per heavy atom. The molecule has 0 aliphatic heterocycles. The lowest BCUT2D eigenvalue weighted by Gasteiger charge is -2.07. The molecule has 0 atom stereocenters. The second kappa shape index (κ2) is 9.13. The van der Waals surface area contributed by atoms with Crippen LogP contribution in [0.2, 0.25) is 0 Å². The molecule has 0 aromatic rings. The molecule has 0 saturated heterocycles. The third-order valence-corrected chi connectivity index (χ3v) is 1.88. The molecule has 1 N–H and O–H groups in total. The van der Waals surface area contributed by atoms with E-state index >= 15 is 0 Å². The van der Waals surface area contributed by atoms with E-state index in [4.69, 9.17) is 9.47 Å². The number of amides is 1. The second-order valence-corrected chi connectivity index (χ2v) is 4.43. The minimum absolute atomic E-state index is 0.0564. The summed E-state index contributed by atoms with van der Waals surface area (Å²) in [4.78, 5) is 33.4. The molecule has 0 saturated carbocycles. The minimum Gasteiger partial charge on any atom is -0.461 e. The molecule has 108 valence electrons. The molecular weight excluding hydrogens is 250 g/mol. The molecule has 1 amide bonds. The molecule has 0 fully saturated rings. The lowest BCUT2D eigenvalue weighted by molar-refractivity contribution is -0.142. The van der Waals surface area contributed by atoms with Crippen LogP contribution in [-0.2, 0) is 23.9 Å². The zero-order valence-electron chi connectivity index (χ0n) is 11.8. The van der Waals surface area contributed by atoms with Crippen LogP contribution in [0.3, 0.4) is 0 Å². The number of carbonyl (C=O) groups is 3. The van der Waals surface area contributed by atoms with Gasteiger partial charge in [-0.2, -0.15) is 0 Å². The highest BCUT2D eigenvalue weighted by molar-refractivity contribution is 5.91. The topological polar surface area (TPSA) is 81.7 Å². The number of carbonyl (C=O) groups excluding carboxylic acids is 3. The van der Waals surface area contributed by atoms with Crippen LogP contribution < -0.4 is 5.32 Å². The van der Waals surface area contributed by atoms with E-state index in [0.717, 1.165) is 12.2 Å². The van der Waals surface area contributed by atoms with Gasteiger partial charge in [0.1, 0.15) is 6.61 Å². The van der Waals surface area contributed by atoms with Gasteiger partial charge in [0.2, 0.25) is 5.91 Å². The molecule has 0 aromatic heterocycles. The highest BCUT2D eigenvalue weighted by Gasteiger charge is 2.06. The Bertz CT molecular complexity index is 347. The van der Waals surface area contributed by atoms with Crippen LogP contribution in [0.5, 0.6) is 0 Å². The van der Waals surface area contributed by atoms with E-state index in [-0.39, 0.29) is 31.1 Å². The summed E-state index contributed by atoms with van der Waals surface area (Å²) >= 11 is 0. The number of hydrogen-bond acceptors (Lipinski definition) is 5. The highest BCUT2D eigenvalue weighted by atomic mass is 16.5. The zero-order valence-corrected chi connectivity index (χ0v) is 11.8. The Kier molecular flexibility index (Phi) is 8.24. The molecule has 0 bridgehead atoms. The van der Waals surface area contributed by atoms with E-state index in [1.54, 1.807) is 27.7 Å². The quantitative estimate of drug-likeness (QED) is 0.421. The summed E-state index contributed by atoms with van der Waals surface area (Å²) in [5, 5.41) is 2.60. The smallest absolute Gasteiger partial charge is 0.331 e. The molecule has 6 nitrogen and oxygen atoms in total. The summed E-state index contributed by atoms with van der Waals surface area (Å²) in [5.41, 5.74) is 0. The van der Waals surface area contributed by atoms with Crippen molar-refractivity contribution in [3.63, 3.8) is 0 Å². The van der Waals surface area contributed by atoms with Gasteiger partial charge in [0.05, 0.1) is 12.6 Å². The maximum atomic E-state index is 11.2. The monoisotopic (exact) mass is 271 g/mol. The third kappa shape index (κ3) is 9.82. The maximum absolute atomic E-state index is 11.2. The molecule has 19 heavy (non-hydrogen) atoms. The van der Waals surface area contributed by atoms with E-state index in [1.807, 2.05) is 0 Å². The Hall–Kier alpha value is -1.85. The third-order valence-electron chi connectivity index (χ3n) is 1.88. The van der Waals surface area contributed by atoms with Gasteiger partial charge in [-0.15, -0.1) is 0 Å². The minimum atomic E-state index is -0.653. The van der Waals surface area contributed by atoms with Crippen LogP contribution in [0.4, 0.5) is 0 Å². The van der Waals surface area contributed by atoms with E-state index < -0.39 is 11.9 Å². The molecular formula is C13H21NO5. The lowest BCUT2D eigenvalue weighted by atomic mass is 10.2. The van der Waals surface area contributed by atoms with Gasteiger partial charge >= 0.3 is 11.9 Å². The van der Waals surface area contributed by atoms with Crippen molar-refractivity contribution in [2.45, 2.75) is 33.8 Å². The van der Waals surface area contributed by atoms with Crippen molar-refractivity contribution in [1.82, 2.24) is 5.32 Å². The summed E-state index contributed by atoms with van der Waals surface area (Å²) in [6, 6.07) is 0. The SMILES string of the molecule is CC(C)OC(=O)/C=C/C(=O)OCCNC(=O)C(C)C. The molecule has 0 aromatic carbocycles. The van der Waals surface area contributed by atoms with Crippen molar-refractivity contribution in [3.8, 4) is 0 Å². The molecule has 0 aliphatic rings. The first-order chi connectivity index (χ1) is 8.82. The van der Waals surface area contributed by atoms with Crippen molar-refractivity contribution in [3.05, 3.63) is 12.2 Å². The largest absolute Gasteiger partial charge is 0.461 e. The molecule has 0 heterocycles. The van der Waals surface area contributed by atoms with Crippen LogP contribution in [0, 0.1) is 5.92 Å². The lowest BCUT2D eigenvalue weighted by Crippen LogP contribution is -2.31. The van der Waals surface area contributed by atoms with Crippen molar-refractivity contribution >= 4 is 17.8 Å². The Labute approximate surface area is 113 Å². The van der Waals surface area contributed by atoms with Gasteiger partial charge in [-0.1, -0.05) is 13.8 Å². The molecule has 0 radical (unpaired) electrons. The summed E-state index contributed by atoms with van der Waals surface area (Å²) < 4.78 is 9.57. The van der Waals surface area contributed by atoms with E-state index in [0.29, 0.717) is 0 Å². The summed E-state index contributed by atoms with van der Waals surface area (Å²) in [6.07, 6.45) is 1.77. The van der Waals surface area contributed by atoms with Gasteiger partial charge < -0.3 is 14.8 Å². The van der Waals surface area contributed by atoms with Crippen LogP contribution in [0.25, 0.3) is 0 Å². The number of hydrogen-bond donors (Lipinski definition) is 1. The molecule has 0 rings (SSSR count). The average molecular weight is 271 g/mol. The predicted molar refractivity (Wildman–Crippen MR) is 69.2 cm³/mol. The molecule has 0 spiro atoms. The van der Waals surface area contributed by atoms with E-state index in [2.05, 4.69) is 5.32 Å². The van der Waals surface area contributed by atoms with Crippen molar-refractivity contribution in [1.29, 1.82) is 0 Å². The molecule has 0 unspecified atom stereocenters. The fourth-order valence-electron chi connectivity index (χ4n) is 0.986. The Morgan fingerprint density at radius 1 is 1.05 bits per heavy atom. The molecule has 6 heteroatoms. The first kappa shape index (κ1) is 17.2. The van der Waals surface area contributed by atoms with Gasteiger partial charge in [-0.3, -0.25) is 4.79 Å². The van der Waals surface area contributed by atoms with Crippen molar-refractivity contribution < 1.29 is 23.9 Å². The maximum Gasteiger partial charge on any atom is 0.331 e. The van der Waals surface area contributed by atoms with E-state index in [9.17, 15) is 14.4 Å². The first-order valence-corrected chi connectivity index (χ1v) is 6.16. The molecule has 0 aliphatic carbocycles. The predicted octanol–water partition coefficient (Wildman–Crippen LogP) is 0.810. The van der Waals surface area contributed by atoms with Gasteiger partial charge in [-0.05, 0) is 13.8 Å². The Balaban J connectivity index is 3.79. The number of esters is 2. The van der Waals surface area contributed by atoms with Crippen LogP contribution in [0.15, 0.2) is 12.2 Å². The summed E-state index contributed by atoms with van der Waals surface area (Å²) in [6.45, 7) is 7.26. The first-order valence-electron chi connectivity index (χ1n) is 6.16. The fraction of sp³-hybridized carbons (Fsp3) is 0.615. The van der Waals surface area contributed by atoms with Crippen molar-refractivity contribution in [2.75, 3.05) is 13.2 Å². The standard InChI is InChI=1S/C13H21NO5/c1-9(2)13(17)14-7-8-18-11(15)5-6-12(16)19-10(3)4/h5-6,9-10H,7-8H2,1-4H3,(H,14,17)/b6-5+. The van der Waals surface area contributed by atoms with Gasteiger partial charge in [0, 0.05) is 18.1 Å². The summed E-state index contributed by atoms with van der Waals surface area (Å²) in [7, 11) is 0. The van der Waals surface area contributed by atoms with Crippen molar-refractivity contribution in [2.24, 2.45) is 5.92 Å². The normalized spacial score (nSPS) is 10.8. The van der Waals surface area contributed by atoms with Crippen LogP contribution in [0.1, 0.15) is 27.7 Å². The number of nitrogens with one attached hydrogen (secondary N) is 1. The Morgan fingerprint density at radius 3 is 2.16 bits per heavy atom. The second-order valence-electron chi connectivity index (χ2n) is 4.43. The van der Waals surface area contributed by atoms with Gasteiger partial charge in [0.15, 0.2) is 0 Å².